The van der Waals surface area contributed by atoms with Gasteiger partial charge in [-0.25, -0.2) is 9.48 Å². The molecule has 1 N–H and O–H groups in total. The van der Waals surface area contributed by atoms with E-state index in [0.29, 0.717) is 24.8 Å². The summed E-state index contributed by atoms with van der Waals surface area (Å²) < 4.78 is 3.32. The van der Waals surface area contributed by atoms with E-state index in [2.05, 4.69) is 63.8 Å². The largest absolute Gasteiger partial charge is 0.346 e. The monoisotopic (exact) mass is 429 g/mol. The average Bonchev–Trinajstić information content (AvgIpc) is 3.43. The van der Waals surface area contributed by atoms with Crippen LogP contribution in [0.2, 0.25) is 0 Å². The number of tetrazole rings is 1. The molecule has 0 atom stereocenters. The average molecular weight is 430 g/mol. The summed E-state index contributed by atoms with van der Waals surface area (Å²) in [4.78, 5) is 13.0. The topological polar surface area (TPSA) is 94.3 Å². The van der Waals surface area contributed by atoms with E-state index in [1.807, 2.05) is 43.3 Å². The van der Waals surface area contributed by atoms with Crippen molar-refractivity contribution >= 4 is 0 Å². The Kier molecular flexibility index (Phi) is 6.39. The van der Waals surface area contributed by atoms with Gasteiger partial charge in [-0.2, -0.15) is 10.3 Å². The molecule has 0 bridgehead atoms. The van der Waals surface area contributed by atoms with Crippen molar-refractivity contribution in [3.05, 3.63) is 82.6 Å². The maximum absolute atomic E-state index is 13.0. The van der Waals surface area contributed by atoms with Gasteiger partial charge in [0.05, 0.1) is 13.1 Å². The third-order valence-corrected chi connectivity index (χ3v) is 5.22. The van der Waals surface area contributed by atoms with Gasteiger partial charge >= 0.3 is 5.69 Å². The van der Waals surface area contributed by atoms with E-state index in [1.165, 1.54) is 4.68 Å². The molecule has 0 saturated heterocycles. The van der Waals surface area contributed by atoms with Gasteiger partial charge in [0.2, 0.25) is 5.82 Å². The lowest BCUT2D eigenvalue weighted by Crippen LogP contribution is -2.25. The highest BCUT2D eigenvalue weighted by molar-refractivity contribution is 5.80. The third-order valence-electron chi connectivity index (χ3n) is 5.22. The van der Waals surface area contributed by atoms with Gasteiger partial charge in [0.1, 0.15) is 5.82 Å². The zero-order valence-corrected chi connectivity index (χ0v) is 18.6. The molecule has 8 heteroatoms. The van der Waals surface area contributed by atoms with Crippen LogP contribution in [0, 0.1) is 5.92 Å². The highest BCUT2D eigenvalue weighted by Gasteiger charge is 2.15. The highest BCUT2D eigenvalue weighted by atomic mass is 16.2. The first-order valence-electron chi connectivity index (χ1n) is 10.8. The van der Waals surface area contributed by atoms with Crippen LogP contribution in [0.1, 0.15) is 32.2 Å². The second kappa shape index (κ2) is 9.55. The van der Waals surface area contributed by atoms with Crippen molar-refractivity contribution in [3.63, 3.8) is 0 Å². The smallest absolute Gasteiger partial charge is 0.274 e. The standard InChI is InChI=1S/C24H27N7O/c1-4-5-14-31-24(32)30(22(27-31)15-17(2)3)16-18-10-12-19(13-11-18)20-8-6-7-9-21(20)23-25-28-29-26-23/h4-13,17H,14-16H2,1-3H3,(H,25,26,28,29)/b5-4+. The Labute approximate surface area is 186 Å². The van der Waals surface area contributed by atoms with E-state index >= 15 is 0 Å². The van der Waals surface area contributed by atoms with Crippen molar-refractivity contribution < 1.29 is 0 Å². The van der Waals surface area contributed by atoms with Crippen LogP contribution in [-0.2, 0) is 19.5 Å². The van der Waals surface area contributed by atoms with Gasteiger partial charge in [0.25, 0.3) is 0 Å². The number of aromatic amines is 1. The lowest BCUT2D eigenvalue weighted by atomic mass is 9.98. The fourth-order valence-corrected chi connectivity index (χ4v) is 3.66. The maximum atomic E-state index is 13.0. The van der Waals surface area contributed by atoms with Crippen molar-refractivity contribution in [3.8, 4) is 22.5 Å². The van der Waals surface area contributed by atoms with Gasteiger partial charge in [-0.3, -0.25) is 4.57 Å². The molecule has 0 spiro atoms. The number of H-pyrrole nitrogens is 1. The molecule has 0 aliphatic heterocycles. The molecule has 0 amide bonds. The number of benzene rings is 2. The normalized spacial score (nSPS) is 11.6. The molecule has 2 aromatic heterocycles. The van der Waals surface area contributed by atoms with Crippen LogP contribution >= 0.6 is 0 Å². The predicted octanol–water partition coefficient (Wildman–Crippen LogP) is 3.71. The molecular formula is C24H27N7O. The lowest BCUT2D eigenvalue weighted by molar-refractivity contribution is 0.583. The van der Waals surface area contributed by atoms with Crippen LogP contribution in [0.3, 0.4) is 0 Å². The molecule has 2 aromatic carbocycles. The Balaban J connectivity index is 1.63. The Morgan fingerprint density at radius 2 is 1.81 bits per heavy atom. The van der Waals surface area contributed by atoms with Crippen LogP contribution in [0.15, 0.2) is 65.5 Å². The summed E-state index contributed by atoms with van der Waals surface area (Å²) in [7, 11) is 0. The first-order chi connectivity index (χ1) is 15.6. The molecule has 4 aromatic rings. The third kappa shape index (κ3) is 4.59. The lowest BCUT2D eigenvalue weighted by Gasteiger charge is -2.10. The summed E-state index contributed by atoms with van der Waals surface area (Å²) >= 11 is 0. The number of hydrogen-bond donors (Lipinski definition) is 1. The molecule has 32 heavy (non-hydrogen) atoms. The van der Waals surface area contributed by atoms with Gasteiger partial charge in [-0.15, -0.1) is 10.2 Å². The minimum Gasteiger partial charge on any atom is -0.274 e. The van der Waals surface area contributed by atoms with Gasteiger partial charge in [-0.05, 0) is 34.7 Å². The molecule has 164 valence electrons. The Morgan fingerprint density at radius 1 is 1.06 bits per heavy atom. The number of hydrogen-bond acceptors (Lipinski definition) is 5. The second-order valence-corrected chi connectivity index (χ2v) is 8.11. The van der Waals surface area contributed by atoms with Crippen molar-refractivity contribution in [2.75, 3.05) is 0 Å². The number of allylic oxidation sites excluding steroid dienone is 2. The summed E-state index contributed by atoms with van der Waals surface area (Å²) in [5, 5.41) is 19.0. The molecule has 0 saturated carbocycles. The zero-order chi connectivity index (χ0) is 22.5. The van der Waals surface area contributed by atoms with Crippen LogP contribution < -0.4 is 5.69 Å². The van der Waals surface area contributed by atoms with Gasteiger partial charge in [0, 0.05) is 12.0 Å². The highest BCUT2D eigenvalue weighted by Crippen LogP contribution is 2.29. The maximum Gasteiger partial charge on any atom is 0.346 e. The Morgan fingerprint density at radius 3 is 2.47 bits per heavy atom. The SMILES string of the molecule is C/C=C/Cn1nc(CC(C)C)n(Cc2ccc(-c3ccccc3-c3nn[nH]n3)cc2)c1=O. The Bertz CT molecular complexity index is 1250. The predicted molar refractivity (Wildman–Crippen MR) is 124 cm³/mol. The summed E-state index contributed by atoms with van der Waals surface area (Å²) in [6.07, 6.45) is 4.63. The first kappa shape index (κ1) is 21.4. The van der Waals surface area contributed by atoms with E-state index in [9.17, 15) is 4.79 Å². The molecule has 0 fully saturated rings. The molecule has 4 rings (SSSR count). The fourth-order valence-electron chi connectivity index (χ4n) is 3.66. The second-order valence-electron chi connectivity index (χ2n) is 8.11. The number of nitrogens with one attached hydrogen (secondary N) is 1. The number of aromatic nitrogens is 7. The van der Waals surface area contributed by atoms with E-state index in [0.717, 1.165) is 34.5 Å². The van der Waals surface area contributed by atoms with Gasteiger partial charge in [0.15, 0.2) is 0 Å². The molecule has 0 aliphatic rings. The van der Waals surface area contributed by atoms with Crippen molar-refractivity contribution in [1.29, 1.82) is 0 Å². The fraction of sp³-hybridized carbons (Fsp3) is 0.292. The van der Waals surface area contributed by atoms with Crippen LogP contribution in [0.4, 0.5) is 0 Å². The van der Waals surface area contributed by atoms with Gasteiger partial charge < -0.3 is 0 Å². The number of nitrogens with zero attached hydrogens (tertiary/aromatic N) is 6. The zero-order valence-electron chi connectivity index (χ0n) is 18.6. The quantitative estimate of drug-likeness (QED) is 0.431. The molecule has 8 nitrogen and oxygen atoms in total. The molecule has 0 unspecified atom stereocenters. The molecule has 0 radical (unpaired) electrons. The minimum atomic E-state index is -0.0784. The summed E-state index contributed by atoms with van der Waals surface area (Å²) in [6, 6.07) is 16.2. The van der Waals surface area contributed by atoms with E-state index in [1.54, 1.807) is 4.57 Å². The van der Waals surface area contributed by atoms with Gasteiger partial charge in [-0.1, -0.05) is 74.5 Å². The van der Waals surface area contributed by atoms with E-state index in [4.69, 9.17) is 0 Å². The summed E-state index contributed by atoms with van der Waals surface area (Å²) in [6.45, 7) is 7.18. The summed E-state index contributed by atoms with van der Waals surface area (Å²) in [5.74, 6) is 1.79. The molecule has 0 aliphatic carbocycles. The molecule has 2 heterocycles. The van der Waals surface area contributed by atoms with Crippen LogP contribution in [0.5, 0.6) is 0 Å². The number of rotatable bonds is 8. The van der Waals surface area contributed by atoms with Crippen LogP contribution in [0.25, 0.3) is 22.5 Å². The minimum absolute atomic E-state index is 0.0784. The van der Waals surface area contributed by atoms with Crippen molar-refractivity contribution in [2.24, 2.45) is 5.92 Å². The van der Waals surface area contributed by atoms with E-state index < -0.39 is 0 Å². The molecular weight excluding hydrogens is 402 g/mol. The van der Waals surface area contributed by atoms with E-state index in [-0.39, 0.29) is 5.69 Å². The summed E-state index contributed by atoms with van der Waals surface area (Å²) in [5.41, 5.74) is 3.95. The first-order valence-corrected chi connectivity index (χ1v) is 10.8. The van der Waals surface area contributed by atoms with Crippen LogP contribution in [-0.4, -0.2) is 35.0 Å². The Hall–Kier alpha value is -3.81. The van der Waals surface area contributed by atoms with Crippen molar-refractivity contribution in [2.45, 2.75) is 40.3 Å². The van der Waals surface area contributed by atoms with Crippen molar-refractivity contribution in [1.82, 2.24) is 35.0 Å².